The fraction of sp³-hybridized carbons (Fsp3) is 0.294. The van der Waals surface area contributed by atoms with Gasteiger partial charge in [-0.2, -0.15) is 0 Å². The summed E-state index contributed by atoms with van der Waals surface area (Å²) < 4.78 is 7.18. The molecule has 3 rings (SSSR count). The van der Waals surface area contributed by atoms with Gasteiger partial charge in [0.2, 0.25) is 0 Å². The van der Waals surface area contributed by atoms with Gasteiger partial charge in [0.05, 0.1) is 7.05 Å². The number of pyridine rings is 1. The SMILES string of the molecule is Cc1ccc2nc(C[NH+](C)Cc3ccc(C)o3)cc(=O)n2c1. The van der Waals surface area contributed by atoms with Crippen molar-refractivity contribution in [2.24, 2.45) is 0 Å². The van der Waals surface area contributed by atoms with Gasteiger partial charge in [-0.25, -0.2) is 4.98 Å². The molecule has 1 unspecified atom stereocenters. The molecule has 5 nitrogen and oxygen atoms in total. The molecular weight excluding hydrogens is 278 g/mol. The minimum Gasteiger partial charge on any atom is -0.460 e. The first-order chi connectivity index (χ1) is 10.5. The number of nitrogens with zero attached hydrogens (tertiary/aromatic N) is 2. The van der Waals surface area contributed by atoms with Gasteiger partial charge in [0.1, 0.15) is 30.2 Å². The molecule has 0 amide bonds. The lowest BCUT2D eigenvalue weighted by molar-refractivity contribution is -0.909. The van der Waals surface area contributed by atoms with Gasteiger partial charge in [-0.05, 0) is 37.6 Å². The molecule has 0 aliphatic heterocycles. The molecule has 5 heteroatoms. The van der Waals surface area contributed by atoms with E-state index in [0.717, 1.165) is 29.3 Å². The van der Waals surface area contributed by atoms with Gasteiger partial charge in [0, 0.05) is 12.3 Å². The predicted octanol–water partition coefficient (Wildman–Crippen LogP) is 1.12. The summed E-state index contributed by atoms with van der Waals surface area (Å²) in [6.45, 7) is 5.35. The maximum absolute atomic E-state index is 12.2. The van der Waals surface area contributed by atoms with Crippen LogP contribution in [0.3, 0.4) is 0 Å². The van der Waals surface area contributed by atoms with E-state index < -0.39 is 0 Å². The van der Waals surface area contributed by atoms with Crippen LogP contribution in [0.5, 0.6) is 0 Å². The lowest BCUT2D eigenvalue weighted by atomic mass is 10.3. The first kappa shape index (κ1) is 14.5. The fourth-order valence-electron chi connectivity index (χ4n) is 2.60. The van der Waals surface area contributed by atoms with Gasteiger partial charge in [0.15, 0.2) is 5.76 Å². The van der Waals surface area contributed by atoms with Crippen molar-refractivity contribution in [3.63, 3.8) is 0 Å². The van der Waals surface area contributed by atoms with Gasteiger partial charge in [-0.15, -0.1) is 0 Å². The summed E-state index contributed by atoms with van der Waals surface area (Å²) in [6.07, 6.45) is 1.82. The summed E-state index contributed by atoms with van der Waals surface area (Å²) in [5.41, 5.74) is 2.50. The average molecular weight is 298 g/mol. The Balaban J connectivity index is 1.81. The molecule has 3 heterocycles. The Morgan fingerprint density at radius 3 is 2.73 bits per heavy atom. The van der Waals surface area contributed by atoms with E-state index in [2.05, 4.69) is 12.0 Å². The van der Waals surface area contributed by atoms with Gasteiger partial charge in [0.25, 0.3) is 5.56 Å². The second-order valence-corrected chi connectivity index (χ2v) is 5.84. The highest BCUT2D eigenvalue weighted by Gasteiger charge is 2.11. The van der Waals surface area contributed by atoms with Crippen LogP contribution in [0.1, 0.15) is 22.8 Å². The zero-order chi connectivity index (χ0) is 15.7. The van der Waals surface area contributed by atoms with Gasteiger partial charge >= 0.3 is 0 Å². The first-order valence-electron chi connectivity index (χ1n) is 7.37. The monoisotopic (exact) mass is 298 g/mol. The molecule has 0 aliphatic rings. The second kappa shape index (κ2) is 5.77. The van der Waals surface area contributed by atoms with E-state index in [9.17, 15) is 4.79 Å². The lowest BCUT2D eigenvalue weighted by Crippen LogP contribution is -3.06. The smallest absolute Gasteiger partial charge is 0.258 e. The van der Waals surface area contributed by atoms with Crippen LogP contribution in [0.15, 0.2) is 45.7 Å². The van der Waals surface area contributed by atoms with Crippen molar-refractivity contribution < 1.29 is 9.32 Å². The average Bonchev–Trinajstić information content (AvgIpc) is 2.85. The van der Waals surface area contributed by atoms with Crippen LogP contribution >= 0.6 is 0 Å². The molecular formula is C17H20N3O2+. The normalized spacial score (nSPS) is 12.7. The number of hydrogen-bond donors (Lipinski definition) is 1. The molecule has 0 aliphatic carbocycles. The van der Waals surface area contributed by atoms with E-state index in [4.69, 9.17) is 4.42 Å². The van der Waals surface area contributed by atoms with E-state index in [1.165, 1.54) is 4.90 Å². The summed E-state index contributed by atoms with van der Waals surface area (Å²) >= 11 is 0. The Kier molecular flexibility index (Phi) is 3.81. The number of aromatic nitrogens is 2. The summed E-state index contributed by atoms with van der Waals surface area (Å²) in [7, 11) is 2.07. The van der Waals surface area contributed by atoms with Crippen LogP contribution in [0.25, 0.3) is 5.65 Å². The number of aryl methyl sites for hydroxylation is 2. The second-order valence-electron chi connectivity index (χ2n) is 5.84. The Labute approximate surface area is 128 Å². The highest BCUT2D eigenvalue weighted by Crippen LogP contribution is 2.05. The lowest BCUT2D eigenvalue weighted by Gasteiger charge is -2.12. The maximum atomic E-state index is 12.2. The first-order valence-corrected chi connectivity index (χ1v) is 7.37. The molecule has 0 bridgehead atoms. The highest BCUT2D eigenvalue weighted by molar-refractivity contribution is 5.39. The van der Waals surface area contributed by atoms with Crippen LogP contribution in [0, 0.1) is 13.8 Å². The summed E-state index contributed by atoms with van der Waals surface area (Å²) in [4.78, 5) is 18.0. The quantitative estimate of drug-likeness (QED) is 0.785. The summed E-state index contributed by atoms with van der Waals surface area (Å²) in [5, 5.41) is 0. The van der Waals surface area contributed by atoms with Crippen molar-refractivity contribution in [3.05, 3.63) is 69.7 Å². The van der Waals surface area contributed by atoms with Crippen molar-refractivity contribution in [1.82, 2.24) is 9.38 Å². The Hall–Kier alpha value is -2.40. The highest BCUT2D eigenvalue weighted by atomic mass is 16.3. The number of furan rings is 1. The molecule has 0 spiro atoms. The minimum absolute atomic E-state index is 0.0367. The standard InChI is InChI=1S/C17H19N3O2/c1-12-4-7-16-18-14(8-17(21)20(16)9-12)10-19(3)11-15-6-5-13(2)22-15/h4-9H,10-11H2,1-3H3/p+1. The third-order valence-corrected chi connectivity index (χ3v) is 3.62. The Morgan fingerprint density at radius 1 is 1.18 bits per heavy atom. The molecule has 0 radical (unpaired) electrons. The van der Waals surface area contributed by atoms with Crippen molar-refractivity contribution in [2.75, 3.05) is 7.05 Å². The van der Waals surface area contributed by atoms with Gasteiger partial charge in [-0.3, -0.25) is 9.20 Å². The van der Waals surface area contributed by atoms with Crippen LogP contribution in [0.2, 0.25) is 0 Å². The summed E-state index contributed by atoms with van der Waals surface area (Å²) in [6, 6.07) is 9.42. The van der Waals surface area contributed by atoms with Crippen molar-refractivity contribution in [3.8, 4) is 0 Å². The number of fused-ring (bicyclic) bond motifs is 1. The molecule has 0 aromatic carbocycles. The maximum Gasteiger partial charge on any atom is 0.258 e. The predicted molar refractivity (Wildman–Crippen MR) is 83.9 cm³/mol. The molecule has 3 aromatic heterocycles. The van der Waals surface area contributed by atoms with E-state index >= 15 is 0 Å². The summed E-state index contributed by atoms with van der Waals surface area (Å²) in [5.74, 6) is 1.86. The van der Waals surface area contributed by atoms with E-state index in [1.807, 2.05) is 44.3 Å². The zero-order valence-electron chi connectivity index (χ0n) is 13.1. The van der Waals surface area contributed by atoms with Gasteiger partial charge in [-0.1, -0.05) is 6.07 Å². The van der Waals surface area contributed by atoms with Crippen molar-refractivity contribution in [1.29, 1.82) is 0 Å². The minimum atomic E-state index is -0.0367. The van der Waals surface area contributed by atoms with Crippen molar-refractivity contribution >= 4 is 5.65 Å². The zero-order valence-corrected chi connectivity index (χ0v) is 13.1. The van der Waals surface area contributed by atoms with Crippen LogP contribution < -0.4 is 10.5 Å². The Bertz CT molecular complexity index is 864. The number of hydrogen-bond acceptors (Lipinski definition) is 3. The van der Waals surface area contributed by atoms with E-state index in [1.54, 1.807) is 10.5 Å². The Morgan fingerprint density at radius 2 is 2.00 bits per heavy atom. The molecule has 0 saturated heterocycles. The number of quaternary nitrogens is 1. The third kappa shape index (κ3) is 3.09. The molecule has 0 fully saturated rings. The fourth-order valence-corrected chi connectivity index (χ4v) is 2.60. The van der Waals surface area contributed by atoms with E-state index in [0.29, 0.717) is 12.2 Å². The van der Waals surface area contributed by atoms with E-state index in [-0.39, 0.29) is 5.56 Å². The largest absolute Gasteiger partial charge is 0.460 e. The molecule has 1 N–H and O–H groups in total. The topological polar surface area (TPSA) is 52.0 Å². The molecule has 3 aromatic rings. The molecule has 114 valence electrons. The number of rotatable bonds is 4. The van der Waals surface area contributed by atoms with Crippen LogP contribution in [0.4, 0.5) is 0 Å². The van der Waals surface area contributed by atoms with Crippen LogP contribution in [-0.2, 0) is 13.1 Å². The van der Waals surface area contributed by atoms with Gasteiger partial charge < -0.3 is 9.32 Å². The molecule has 1 atom stereocenters. The molecule has 22 heavy (non-hydrogen) atoms. The van der Waals surface area contributed by atoms with Crippen molar-refractivity contribution in [2.45, 2.75) is 26.9 Å². The number of nitrogens with one attached hydrogen (secondary N) is 1. The molecule has 0 saturated carbocycles. The third-order valence-electron chi connectivity index (χ3n) is 3.62. The van der Waals surface area contributed by atoms with Crippen LogP contribution in [-0.4, -0.2) is 16.4 Å².